The third-order valence-electron chi connectivity index (χ3n) is 8.99. The molecule has 1 aromatic heterocycles. The largest absolute Gasteiger partial charge is 0.511 e. The van der Waals surface area contributed by atoms with Crippen LogP contribution in [0.2, 0.25) is 0 Å². The van der Waals surface area contributed by atoms with E-state index in [1.807, 2.05) is 0 Å². The van der Waals surface area contributed by atoms with Gasteiger partial charge in [-0.3, -0.25) is 4.79 Å². The van der Waals surface area contributed by atoms with Gasteiger partial charge in [-0.15, -0.1) is 15.7 Å². The molecular weight excluding hydrogens is 578 g/mol. The van der Waals surface area contributed by atoms with Crippen LogP contribution < -0.4 is 5.32 Å². The lowest BCUT2D eigenvalue weighted by atomic mass is 9.77. The molecule has 0 radical (unpaired) electrons. The van der Waals surface area contributed by atoms with E-state index in [-0.39, 0.29) is 80.6 Å². The number of aryl methyl sites for hydroxylation is 1. The highest BCUT2D eigenvalue weighted by molar-refractivity contribution is 7.92. The molecule has 2 aromatic rings. The number of aliphatic hydroxyl groups is 1. The van der Waals surface area contributed by atoms with Crippen LogP contribution in [0, 0.1) is 23.6 Å². The van der Waals surface area contributed by atoms with Crippen LogP contribution in [0.15, 0.2) is 50.3 Å². The van der Waals surface area contributed by atoms with E-state index in [0.29, 0.717) is 18.4 Å². The molecule has 40 heavy (non-hydrogen) atoms. The number of nitrogens with one attached hydrogen (secondary N) is 1. The van der Waals surface area contributed by atoms with Crippen molar-refractivity contribution in [2.45, 2.75) is 61.3 Å². The summed E-state index contributed by atoms with van der Waals surface area (Å²) in [6.45, 7) is 0.199. The predicted molar refractivity (Wildman–Crippen MR) is 148 cm³/mol. The Hall–Kier alpha value is -2.77. The number of nitrogens with zero attached hydrogens (tertiary/aromatic N) is 2. The lowest BCUT2D eigenvalue weighted by Crippen LogP contribution is -2.53. The molecule has 2 aliphatic heterocycles. The molecule has 5 aliphatic rings. The van der Waals surface area contributed by atoms with Crippen molar-refractivity contribution in [3.8, 4) is 0 Å². The fourth-order valence-corrected chi connectivity index (χ4v) is 11.4. The number of halogens is 1. The molecule has 0 spiro atoms. The second kappa shape index (κ2) is 9.12. The molecule has 1 amide bonds. The van der Waals surface area contributed by atoms with Crippen LogP contribution >= 0.6 is 11.3 Å². The number of anilines is 1. The average Bonchev–Trinajstić information content (AvgIpc) is 3.38. The molecule has 0 saturated heterocycles. The smallest absolute Gasteiger partial charge is 0.287 e. The summed E-state index contributed by atoms with van der Waals surface area (Å²) in [4.78, 5) is 15.6. The van der Waals surface area contributed by atoms with Gasteiger partial charge < -0.3 is 15.3 Å². The van der Waals surface area contributed by atoms with E-state index in [1.54, 1.807) is 22.4 Å². The number of fused-ring (bicyclic) bond motifs is 6. The summed E-state index contributed by atoms with van der Waals surface area (Å²) in [7, 11) is -7.55. The first-order valence-electron chi connectivity index (χ1n) is 13.5. The number of benzene rings is 1. The van der Waals surface area contributed by atoms with Gasteiger partial charge in [0.1, 0.15) is 27.0 Å². The van der Waals surface area contributed by atoms with Crippen LogP contribution in [-0.4, -0.2) is 55.6 Å². The summed E-state index contributed by atoms with van der Waals surface area (Å²) in [6, 6.07) is 5.68. The van der Waals surface area contributed by atoms with E-state index in [1.165, 1.54) is 12.1 Å². The summed E-state index contributed by atoms with van der Waals surface area (Å²) >= 11 is 1.10. The van der Waals surface area contributed by atoms with E-state index >= 15 is 0 Å². The predicted octanol–water partition coefficient (Wildman–Crippen LogP) is 3.79. The fourth-order valence-electron chi connectivity index (χ4n) is 7.01. The van der Waals surface area contributed by atoms with E-state index < -0.39 is 25.8 Å². The van der Waals surface area contributed by atoms with Gasteiger partial charge in [0.15, 0.2) is 15.7 Å². The van der Waals surface area contributed by atoms with Crippen LogP contribution in [0.3, 0.4) is 0 Å². The average molecular weight is 606 g/mol. The van der Waals surface area contributed by atoms with Crippen LogP contribution in [0.5, 0.6) is 0 Å². The number of amides is 1. The zero-order chi connectivity index (χ0) is 28.0. The number of sulfone groups is 1. The number of amidine groups is 1. The van der Waals surface area contributed by atoms with E-state index in [0.717, 1.165) is 36.2 Å². The molecule has 3 aliphatic carbocycles. The number of thiophene rings is 1. The molecule has 212 valence electrons. The SMILES string of the molecule is O=C1C(C2=NS(=O)(=O)c3c(CCS(=O)(=O)C4CC4)csc3N2)=C(O)C2C([C@@H]3CC[C@H]2C3)N1Cc1ccc(F)cc1. The summed E-state index contributed by atoms with van der Waals surface area (Å²) in [6.07, 6.45) is 4.09. The van der Waals surface area contributed by atoms with Crippen molar-refractivity contribution in [1.29, 1.82) is 0 Å². The Balaban J connectivity index is 1.23. The molecule has 7 rings (SSSR count). The quantitative estimate of drug-likeness (QED) is 0.491. The van der Waals surface area contributed by atoms with Crippen molar-refractivity contribution in [3.63, 3.8) is 0 Å². The minimum atomic E-state index is -4.28. The highest BCUT2D eigenvalue weighted by atomic mass is 32.2. The minimum absolute atomic E-state index is 0.0571. The standard InChI is InChI=1S/C27H28FN3O6S3/c28-18-5-1-14(2-6-18)12-31-22-16-4-3-15(11-16)20(22)23(32)21(27(31)33)25-29-26-24(40(36,37)30-25)17(13-38-26)9-10-39(34,35)19-7-8-19/h1-2,5-6,13,15-16,19-20,22,32H,3-4,7-12H2,(H,29,30)/t15-,16+,20?,22?/m0/s1. The second-order valence-corrected chi connectivity index (χ2v) is 16.3. The first kappa shape index (κ1) is 26.1. The van der Waals surface area contributed by atoms with Crippen molar-refractivity contribution in [2.24, 2.45) is 22.2 Å². The molecule has 1 aromatic carbocycles. The van der Waals surface area contributed by atoms with Gasteiger partial charge in [0.2, 0.25) is 0 Å². The number of carbonyl (C=O) groups excluding carboxylic acids is 1. The van der Waals surface area contributed by atoms with Gasteiger partial charge in [-0.1, -0.05) is 12.1 Å². The summed E-state index contributed by atoms with van der Waals surface area (Å²) in [5, 5.41) is 16.0. The zero-order valence-electron chi connectivity index (χ0n) is 21.4. The van der Waals surface area contributed by atoms with Crippen LogP contribution in [0.4, 0.5) is 9.39 Å². The number of aliphatic hydroxyl groups excluding tert-OH is 1. The Morgan fingerprint density at radius 3 is 2.58 bits per heavy atom. The van der Waals surface area contributed by atoms with Gasteiger partial charge in [-0.2, -0.15) is 8.42 Å². The third-order valence-corrected chi connectivity index (χ3v) is 13.7. The molecule has 2 N–H and O–H groups in total. The maximum atomic E-state index is 14.0. The first-order valence-corrected chi connectivity index (χ1v) is 17.5. The summed E-state index contributed by atoms with van der Waals surface area (Å²) in [5.41, 5.74) is 0.949. The van der Waals surface area contributed by atoms with Gasteiger partial charge in [-0.25, -0.2) is 12.8 Å². The molecule has 3 fully saturated rings. The lowest BCUT2D eigenvalue weighted by molar-refractivity contribution is -0.134. The van der Waals surface area contributed by atoms with Gasteiger partial charge in [0.05, 0.1) is 11.0 Å². The first-order chi connectivity index (χ1) is 19.0. The van der Waals surface area contributed by atoms with Gasteiger partial charge in [0, 0.05) is 18.5 Å². The molecule has 4 atom stereocenters. The summed E-state index contributed by atoms with van der Waals surface area (Å²) in [5.74, 6) is -1.32. The maximum Gasteiger partial charge on any atom is 0.287 e. The third kappa shape index (κ3) is 4.19. The van der Waals surface area contributed by atoms with Gasteiger partial charge >= 0.3 is 0 Å². The normalized spacial score (nSPS) is 28.8. The Kier molecular flexibility index (Phi) is 5.96. The van der Waals surface area contributed by atoms with E-state index in [2.05, 4.69) is 9.71 Å². The maximum absolute atomic E-state index is 14.0. The molecule has 3 saturated carbocycles. The molecule has 9 nitrogen and oxygen atoms in total. The Bertz CT molecular complexity index is 1690. The minimum Gasteiger partial charge on any atom is -0.511 e. The van der Waals surface area contributed by atoms with Crippen molar-refractivity contribution >= 4 is 47.9 Å². The van der Waals surface area contributed by atoms with E-state index in [9.17, 15) is 31.1 Å². The molecular formula is C27H28FN3O6S3. The second-order valence-electron chi connectivity index (χ2n) is 11.4. The molecule has 2 unspecified atom stereocenters. The van der Waals surface area contributed by atoms with Crippen molar-refractivity contribution < 1.29 is 31.1 Å². The monoisotopic (exact) mass is 605 g/mol. The number of rotatable bonds is 7. The fraction of sp³-hybridized carbons (Fsp3) is 0.481. The van der Waals surface area contributed by atoms with Gasteiger partial charge in [-0.05, 0) is 79.0 Å². The zero-order valence-corrected chi connectivity index (χ0v) is 23.9. The number of sulfonamides is 1. The van der Waals surface area contributed by atoms with Crippen molar-refractivity contribution in [2.75, 3.05) is 11.1 Å². The van der Waals surface area contributed by atoms with Gasteiger partial charge in [0.25, 0.3) is 15.9 Å². The Morgan fingerprint density at radius 1 is 1.12 bits per heavy atom. The summed E-state index contributed by atoms with van der Waals surface area (Å²) < 4.78 is 69.1. The van der Waals surface area contributed by atoms with Crippen LogP contribution in [-0.2, 0) is 37.6 Å². The molecule has 13 heteroatoms. The van der Waals surface area contributed by atoms with Crippen molar-refractivity contribution in [3.05, 3.63) is 57.9 Å². The number of carbonyl (C=O) groups is 1. The lowest BCUT2D eigenvalue weighted by Gasteiger charge is -2.44. The molecule has 2 bridgehead atoms. The van der Waals surface area contributed by atoms with Crippen LogP contribution in [0.1, 0.15) is 43.2 Å². The number of hydrogen-bond donors (Lipinski definition) is 2. The van der Waals surface area contributed by atoms with Crippen molar-refractivity contribution in [1.82, 2.24) is 4.90 Å². The van der Waals surface area contributed by atoms with E-state index in [4.69, 9.17) is 0 Å². The molecule has 3 heterocycles. The highest BCUT2D eigenvalue weighted by Gasteiger charge is 2.57. The Morgan fingerprint density at radius 2 is 1.85 bits per heavy atom. The highest BCUT2D eigenvalue weighted by Crippen LogP contribution is 2.55. The van der Waals surface area contributed by atoms with Crippen LogP contribution in [0.25, 0.3) is 0 Å². The Labute approximate surface area is 235 Å². The number of hydrogen-bond acceptors (Lipinski definition) is 8. The topological polar surface area (TPSA) is 133 Å².